The van der Waals surface area contributed by atoms with E-state index in [1.807, 2.05) is 0 Å². The number of hydrogen-bond acceptors (Lipinski definition) is 1. The molecule has 4 heavy (non-hydrogen) atoms. The Hall–Kier alpha value is 1.67. The summed E-state index contributed by atoms with van der Waals surface area (Å²) in [5.74, 6) is 0. The van der Waals surface area contributed by atoms with Gasteiger partial charge in [0.15, 0.2) is 0 Å². The molecule has 1 N–H and O–H groups in total. The van der Waals surface area contributed by atoms with E-state index in [1.165, 1.54) is 0 Å². The average Bonchev–Trinajstić information content (AvgIpc) is 0.918. The molecular weight excluding hydrogens is 170 g/mol. The molecule has 1 radical (unpaired) electrons. The molecule has 21 valence electrons. The monoisotopic (exact) mass is 169 g/mol. The van der Waals surface area contributed by atoms with Gasteiger partial charge in [-0.15, -0.1) is 0 Å². The van der Waals surface area contributed by atoms with E-state index in [0.717, 1.165) is 0 Å². The van der Waals surface area contributed by atoms with E-state index in [-0.39, 0.29) is 26.2 Å². The minimum Gasteiger partial charge on any atom is -0.510 e. The molecule has 0 saturated heterocycles. The van der Waals surface area contributed by atoms with Crippen molar-refractivity contribution in [2.75, 3.05) is 0 Å². The molecule has 0 aromatic carbocycles. The molecule has 0 saturated carbocycles. The molecule has 0 heterocycles. The van der Waals surface area contributed by atoms with Gasteiger partial charge in [-0.25, -0.2) is 10.0 Å². The third-order valence-electron chi connectivity index (χ3n) is 0. The molecule has 0 aromatic rings. The van der Waals surface area contributed by atoms with Gasteiger partial charge in [-0.05, 0) is 0 Å². The van der Waals surface area contributed by atoms with Crippen LogP contribution in [0.25, 0.3) is 0 Å². The smallest absolute Gasteiger partial charge is 0.510 e. The first-order chi connectivity index (χ1) is 1.41. The molecular formula is HAlClOZr. The van der Waals surface area contributed by atoms with Crippen LogP contribution in [-0.2, 0) is 26.2 Å². The van der Waals surface area contributed by atoms with Crippen LogP contribution < -0.4 is 0 Å². The maximum atomic E-state index is 7.42. The molecule has 0 amide bonds. The van der Waals surface area contributed by atoms with Crippen LogP contribution in [0, 0.1) is 0 Å². The van der Waals surface area contributed by atoms with Gasteiger partial charge >= 0.3 is 14.6 Å². The predicted molar refractivity (Wildman–Crippen MR) is 13.8 cm³/mol. The largest absolute Gasteiger partial charge is 0.568 e. The zero-order valence-corrected chi connectivity index (χ0v) is 6.27. The molecule has 0 spiro atoms. The molecule has 0 aliphatic rings. The van der Waals surface area contributed by atoms with E-state index in [9.17, 15) is 0 Å². The second-order valence-corrected chi connectivity index (χ2v) is 0.878. The van der Waals surface area contributed by atoms with Crippen molar-refractivity contribution in [3.8, 4) is 0 Å². The molecule has 0 bridgehead atoms. The zero-order chi connectivity index (χ0) is 2.71. The van der Waals surface area contributed by atoms with Crippen molar-refractivity contribution < 1.29 is 30.4 Å². The average molecular weight is 171 g/mol. The Bertz CT molecular complexity index is 8.00. The predicted octanol–water partition coefficient (Wildman–Crippen LogP) is -0.251. The van der Waals surface area contributed by atoms with E-state index in [0.29, 0.717) is 0 Å². The van der Waals surface area contributed by atoms with Crippen LogP contribution in [0.4, 0.5) is 0 Å². The molecule has 4 heteroatoms. The topological polar surface area (TPSA) is 20.2 Å². The molecule has 1 nitrogen and oxygen atoms in total. The van der Waals surface area contributed by atoms with Crippen LogP contribution in [0.2, 0.25) is 0 Å². The fourth-order valence-electron chi connectivity index (χ4n) is 0. The van der Waals surface area contributed by atoms with Gasteiger partial charge in [0.25, 0.3) is 0 Å². The van der Waals surface area contributed by atoms with Gasteiger partial charge in [-0.1, -0.05) is 0 Å². The Morgan fingerprint density at radius 1 is 1.75 bits per heavy atom. The Kier molecular flexibility index (Phi) is 20.2. The fourth-order valence-corrected chi connectivity index (χ4v) is 0. The summed E-state index contributed by atoms with van der Waals surface area (Å²) in [6.07, 6.45) is 0. The second kappa shape index (κ2) is 8.82. The number of rotatable bonds is 0. The molecule has 0 atom stereocenters. The first-order valence-corrected chi connectivity index (χ1v) is 2.74. The Labute approximate surface area is 54.7 Å². The van der Waals surface area contributed by atoms with Gasteiger partial charge in [-0.3, -0.25) is 0 Å². The summed E-state index contributed by atoms with van der Waals surface area (Å²) >= 11 is -0.778. The van der Waals surface area contributed by atoms with Crippen molar-refractivity contribution >= 4 is 24.7 Å². The number of halogens is 1. The van der Waals surface area contributed by atoms with Gasteiger partial charge in [0.05, 0.1) is 0 Å². The minimum absolute atomic E-state index is 0. The minimum atomic E-state index is -0.778. The SMILES string of the molecule is [OH][Al][Cl].[Zr]. The van der Waals surface area contributed by atoms with Crippen LogP contribution in [0.5, 0.6) is 0 Å². The van der Waals surface area contributed by atoms with E-state index >= 15 is 0 Å². The van der Waals surface area contributed by atoms with Crippen molar-refractivity contribution in [2.24, 2.45) is 0 Å². The maximum Gasteiger partial charge on any atom is 0.568 e. The Morgan fingerprint density at radius 2 is 1.75 bits per heavy atom. The van der Waals surface area contributed by atoms with Crippen LogP contribution in [0.15, 0.2) is 0 Å². The van der Waals surface area contributed by atoms with Gasteiger partial charge in [0, 0.05) is 26.2 Å². The van der Waals surface area contributed by atoms with Gasteiger partial charge in [-0.2, -0.15) is 0 Å². The van der Waals surface area contributed by atoms with Gasteiger partial charge in [0.2, 0.25) is 0 Å². The maximum absolute atomic E-state index is 7.42. The van der Waals surface area contributed by atoms with Crippen molar-refractivity contribution in [1.82, 2.24) is 0 Å². The third kappa shape index (κ3) is 9.39. The zero-order valence-electron chi connectivity index (χ0n) is 1.90. The summed E-state index contributed by atoms with van der Waals surface area (Å²) in [6.45, 7) is 0. The summed E-state index contributed by atoms with van der Waals surface area (Å²) in [5.41, 5.74) is 0. The van der Waals surface area contributed by atoms with Gasteiger partial charge < -0.3 is 4.16 Å². The fraction of sp³-hybridized carbons (Fsp3) is 0. The normalized spacial score (nSPS) is 3.50. The van der Waals surface area contributed by atoms with Gasteiger partial charge in [0.1, 0.15) is 0 Å². The quantitative estimate of drug-likeness (QED) is 0.498. The molecule has 0 aliphatic carbocycles. The molecule has 0 aromatic heterocycles. The van der Waals surface area contributed by atoms with E-state index in [2.05, 4.69) is 10.0 Å². The van der Waals surface area contributed by atoms with Crippen molar-refractivity contribution in [3.63, 3.8) is 0 Å². The van der Waals surface area contributed by atoms with E-state index in [4.69, 9.17) is 4.16 Å². The Morgan fingerprint density at radius 3 is 1.75 bits per heavy atom. The van der Waals surface area contributed by atoms with Crippen molar-refractivity contribution in [1.29, 1.82) is 0 Å². The van der Waals surface area contributed by atoms with Crippen molar-refractivity contribution in [2.45, 2.75) is 0 Å². The number of hydrogen-bond donors (Lipinski definition) is 1. The first kappa shape index (κ1) is 9.18. The third-order valence-corrected chi connectivity index (χ3v) is 0. The summed E-state index contributed by atoms with van der Waals surface area (Å²) < 4.78 is 7.42. The molecule has 0 rings (SSSR count). The summed E-state index contributed by atoms with van der Waals surface area (Å²) in [5, 5.41) is 0. The Balaban J connectivity index is 0. The summed E-state index contributed by atoms with van der Waals surface area (Å²) in [4.78, 5) is 0. The second-order valence-electron chi connectivity index (χ2n) is 0.0976. The van der Waals surface area contributed by atoms with Crippen LogP contribution >= 0.6 is 10.0 Å². The van der Waals surface area contributed by atoms with E-state index < -0.39 is 14.6 Å². The van der Waals surface area contributed by atoms with E-state index in [1.54, 1.807) is 0 Å². The van der Waals surface area contributed by atoms with Crippen LogP contribution in [-0.4, -0.2) is 18.8 Å². The van der Waals surface area contributed by atoms with Crippen molar-refractivity contribution in [3.05, 3.63) is 0 Å². The standard InChI is InChI=1S/Al.ClH.H2O.Zr/h;1H;1H2;/q+2;;;/p-2. The van der Waals surface area contributed by atoms with Crippen LogP contribution in [0.1, 0.15) is 0 Å². The first-order valence-electron chi connectivity index (χ1n) is 0.476. The molecule has 0 unspecified atom stereocenters. The summed E-state index contributed by atoms with van der Waals surface area (Å²) in [6, 6.07) is 0. The summed E-state index contributed by atoms with van der Waals surface area (Å²) in [7, 11) is 4.64. The van der Waals surface area contributed by atoms with Crippen LogP contribution in [0.3, 0.4) is 0 Å². The molecule has 0 aliphatic heterocycles. The molecule has 0 fully saturated rings.